The van der Waals surface area contributed by atoms with Crippen LogP contribution in [0.25, 0.3) is 0 Å². The number of esters is 1. The van der Waals surface area contributed by atoms with Crippen LogP contribution >= 0.6 is 11.6 Å². The third-order valence-electron chi connectivity index (χ3n) is 5.38. The molecule has 0 N–H and O–H groups in total. The lowest BCUT2D eigenvalue weighted by Crippen LogP contribution is -2.11. The summed E-state index contributed by atoms with van der Waals surface area (Å²) < 4.78 is 10.7. The predicted molar refractivity (Wildman–Crippen MR) is 132 cm³/mol. The second kappa shape index (κ2) is 11.5. The Bertz CT molecular complexity index is 1090. The van der Waals surface area contributed by atoms with E-state index in [4.69, 9.17) is 21.1 Å². The number of halogens is 1. The van der Waals surface area contributed by atoms with E-state index in [1.54, 1.807) is 24.3 Å². The van der Waals surface area contributed by atoms with Crippen molar-refractivity contribution in [3.05, 3.63) is 88.4 Å². The smallest absolute Gasteiger partial charge is 0.341 e. The van der Waals surface area contributed by atoms with Crippen LogP contribution in [0.3, 0.4) is 0 Å². The monoisotopic (exact) mass is 465 g/mol. The zero-order valence-corrected chi connectivity index (χ0v) is 19.9. The molecule has 0 saturated heterocycles. The van der Waals surface area contributed by atoms with E-state index < -0.39 is 5.97 Å². The van der Waals surface area contributed by atoms with Gasteiger partial charge in [0.15, 0.2) is 5.78 Å². The van der Waals surface area contributed by atoms with E-state index in [0.717, 1.165) is 30.6 Å². The number of nitrogens with zero attached hydrogens (tertiary/aromatic N) is 1. The molecule has 0 aliphatic carbocycles. The molecule has 3 aromatic carbocycles. The summed E-state index contributed by atoms with van der Waals surface area (Å²) in [6.07, 6.45) is 3.02. The van der Waals surface area contributed by atoms with Crippen LogP contribution in [-0.2, 0) is 4.74 Å². The highest BCUT2D eigenvalue weighted by atomic mass is 35.5. The second-order valence-electron chi connectivity index (χ2n) is 7.67. The van der Waals surface area contributed by atoms with E-state index in [9.17, 15) is 9.59 Å². The Hall–Kier alpha value is -3.31. The van der Waals surface area contributed by atoms with Gasteiger partial charge in [-0.25, -0.2) is 4.79 Å². The molecule has 0 amide bonds. The van der Waals surface area contributed by atoms with Crippen molar-refractivity contribution in [2.75, 3.05) is 25.7 Å². The van der Waals surface area contributed by atoms with Crippen LogP contribution in [0.15, 0.2) is 66.7 Å². The van der Waals surface area contributed by atoms with Crippen molar-refractivity contribution in [1.29, 1.82) is 0 Å². The van der Waals surface area contributed by atoms with Crippen molar-refractivity contribution in [3.63, 3.8) is 0 Å². The molecule has 0 aliphatic rings. The van der Waals surface area contributed by atoms with E-state index in [1.807, 2.05) is 48.3 Å². The van der Waals surface area contributed by atoms with Gasteiger partial charge in [-0.3, -0.25) is 4.79 Å². The summed E-state index contributed by atoms with van der Waals surface area (Å²) in [5, 5.41) is 0.678. The number of anilines is 2. The number of unbranched alkanes of at least 4 members (excludes halogenated alkanes) is 2. The molecule has 3 rings (SSSR count). The minimum atomic E-state index is -0.532. The molecule has 0 atom stereocenters. The fourth-order valence-electron chi connectivity index (χ4n) is 3.42. The van der Waals surface area contributed by atoms with Crippen molar-refractivity contribution in [3.8, 4) is 5.75 Å². The topological polar surface area (TPSA) is 55.8 Å². The fraction of sp³-hybridized carbons (Fsp3) is 0.259. The van der Waals surface area contributed by atoms with Crippen LogP contribution in [0.5, 0.6) is 5.75 Å². The van der Waals surface area contributed by atoms with Crippen LogP contribution in [0.1, 0.15) is 52.5 Å². The lowest BCUT2D eigenvalue weighted by atomic mass is 10.0. The molecule has 0 radical (unpaired) electrons. The zero-order chi connectivity index (χ0) is 23.8. The van der Waals surface area contributed by atoms with E-state index in [2.05, 4.69) is 6.92 Å². The maximum atomic E-state index is 13.1. The normalized spacial score (nSPS) is 10.5. The molecule has 6 heteroatoms. The summed E-state index contributed by atoms with van der Waals surface area (Å²) in [7, 11) is 3.26. The van der Waals surface area contributed by atoms with Gasteiger partial charge in [0.2, 0.25) is 0 Å². The maximum Gasteiger partial charge on any atom is 0.341 e. The van der Waals surface area contributed by atoms with Gasteiger partial charge in [0.25, 0.3) is 0 Å². The molecule has 0 aromatic heterocycles. The Balaban J connectivity index is 1.79. The summed E-state index contributed by atoms with van der Waals surface area (Å²) in [5.74, 6) is -0.289. The number of methoxy groups -OCH3 is 1. The molecule has 33 heavy (non-hydrogen) atoms. The molecule has 5 nitrogen and oxygen atoms in total. The van der Waals surface area contributed by atoms with Gasteiger partial charge < -0.3 is 14.4 Å². The quantitative estimate of drug-likeness (QED) is 0.189. The molecule has 3 aromatic rings. The Labute approximate surface area is 199 Å². The third-order valence-corrected chi connectivity index (χ3v) is 5.64. The van der Waals surface area contributed by atoms with E-state index in [-0.39, 0.29) is 11.3 Å². The van der Waals surface area contributed by atoms with Crippen molar-refractivity contribution >= 4 is 34.7 Å². The molecule has 0 fully saturated rings. The largest absolute Gasteiger partial charge is 0.493 e. The molecule has 0 aliphatic heterocycles. The van der Waals surface area contributed by atoms with Crippen molar-refractivity contribution in [2.45, 2.75) is 26.2 Å². The minimum Gasteiger partial charge on any atom is -0.493 e. The van der Waals surface area contributed by atoms with E-state index >= 15 is 0 Å². The van der Waals surface area contributed by atoms with Crippen LogP contribution in [-0.4, -0.2) is 32.5 Å². The average Bonchev–Trinajstić information content (AvgIpc) is 2.86. The highest BCUT2D eigenvalue weighted by Crippen LogP contribution is 2.27. The van der Waals surface area contributed by atoms with Gasteiger partial charge >= 0.3 is 5.97 Å². The first kappa shape index (κ1) is 24.3. The molecule has 172 valence electrons. The van der Waals surface area contributed by atoms with Gasteiger partial charge in [-0.05, 0) is 73.2 Å². The number of hydrogen-bond acceptors (Lipinski definition) is 5. The van der Waals surface area contributed by atoms with E-state index in [1.165, 1.54) is 13.2 Å². The highest BCUT2D eigenvalue weighted by Gasteiger charge is 2.18. The number of carbonyl (C=O) groups is 2. The number of hydrogen-bond donors (Lipinski definition) is 0. The first-order chi connectivity index (χ1) is 15.9. The highest BCUT2D eigenvalue weighted by molar-refractivity contribution is 6.30. The fourth-order valence-corrected chi connectivity index (χ4v) is 3.54. The van der Waals surface area contributed by atoms with Crippen molar-refractivity contribution in [2.24, 2.45) is 0 Å². The standard InChI is InChI=1S/C27H28ClNO4/c1-4-5-6-17-33-25-16-9-20(18-24(25)27(31)32-3)26(30)19-7-12-22(13-8-19)29(2)23-14-10-21(28)11-15-23/h7-16,18H,4-6,17H2,1-3H3. The number of carbonyl (C=O) groups excluding carboxylic acids is 2. The molecule has 0 bridgehead atoms. The lowest BCUT2D eigenvalue weighted by Gasteiger charge is -2.19. The first-order valence-electron chi connectivity index (χ1n) is 10.9. The van der Waals surface area contributed by atoms with Gasteiger partial charge in [-0.1, -0.05) is 31.4 Å². The zero-order valence-electron chi connectivity index (χ0n) is 19.1. The molecule has 0 heterocycles. The van der Waals surface area contributed by atoms with E-state index in [0.29, 0.717) is 28.5 Å². The van der Waals surface area contributed by atoms with Gasteiger partial charge in [-0.15, -0.1) is 0 Å². The average molecular weight is 466 g/mol. The molecular formula is C27H28ClNO4. The number of ether oxygens (including phenoxy) is 2. The SMILES string of the molecule is CCCCCOc1ccc(C(=O)c2ccc(N(C)c3ccc(Cl)cc3)cc2)cc1C(=O)OC. The third kappa shape index (κ3) is 6.14. The molecule has 0 spiro atoms. The van der Waals surface area contributed by atoms with Gasteiger partial charge in [0, 0.05) is 34.6 Å². The van der Waals surface area contributed by atoms with Crippen LogP contribution < -0.4 is 9.64 Å². The maximum absolute atomic E-state index is 13.1. The van der Waals surface area contributed by atoms with Gasteiger partial charge in [-0.2, -0.15) is 0 Å². The first-order valence-corrected chi connectivity index (χ1v) is 11.3. The minimum absolute atomic E-state index is 0.182. The Morgan fingerprint density at radius 2 is 1.48 bits per heavy atom. The molecule has 0 unspecified atom stereocenters. The van der Waals surface area contributed by atoms with Gasteiger partial charge in [0.05, 0.1) is 13.7 Å². The molecule has 0 saturated carbocycles. The second-order valence-corrected chi connectivity index (χ2v) is 8.11. The van der Waals surface area contributed by atoms with Crippen molar-refractivity contribution in [1.82, 2.24) is 0 Å². The summed E-state index contributed by atoms with van der Waals surface area (Å²) in [6.45, 7) is 2.62. The Kier molecular flexibility index (Phi) is 8.50. The number of ketones is 1. The number of benzene rings is 3. The lowest BCUT2D eigenvalue weighted by molar-refractivity contribution is 0.0596. The number of rotatable bonds is 10. The Morgan fingerprint density at radius 1 is 0.879 bits per heavy atom. The summed E-state index contributed by atoms with van der Waals surface area (Å²) in [6, 6.07) is 19.7. The Morgan fingerprint density at radius 3 is 2.09 bits per heavy atom. The van der Waals surface area contributed by atoms with Crippen LogP contribution in [0.4, 0.5) is 11.4 Å². The summed E-state index contributed by atoms with van der Waals surface area (Å²) in [4.78, 5) is 27.4. The van der Waals surface area contributed by atoms with Crippen LogP contribution in [0.2, 0.25) is 5.02 Å². The predicted octanol–water partition coefficient (Wildman–Crippen LogP) is 6.69. The van der Waals surface area contributed by atoms with Crippen molar-refractivity contribution < 1.29 is 19.1 Å². The van der Waals surface area contributed by atoms with Gasteiger partial charge in [0.1, 0.15) is 11.3 Å². The van der Waals surface area contributed by atoms with Crippen LogP contribution in [0, 0.1) is 0 Å². The molecular weight excluding hydrogens is 438 g/mol. The summed E-state index contributed by atoms with van der Waals surface area (Å²) in [5.41, 5.74) is 3.08. The summed E-state index contributed by atoms with van der Waals surface area (Å²) >= 11 is 5.97.